The first-order valence-electron chi connectivity index (χ1n) is 8.61. The van der Waals surface area contributed by atoms with Crippen LogP contribution in [0.5, 0.6) is 0 Å². The summed E-state index contributed by atoms with van der Waals surface area (Å²) in [6, 6.07) is 17.0. The van der Waals surface area contributed by atoms with Crippen molar-refractivity contribution >= 4 is 27.9 Å². The van der Waals surface area contributed by atoms with Crippen molar-refractivity contribution in [3.8, 4) is 0 Å². The number of hydrogen-bond donors (Lipinski definition) is 2. The van der Waals surface area contributed by atoms with E-state index in [0.29, 0.717) is 13.1 Å². The Morgan fingerprint density at radius 2 is 1.73 bits per heavy atom. The Morgan fingerprint density at radius 1 is 1.08 bits per heavy atom. The Kier molecular flexibility index (Phi) is 7.66. The van der Waals surface area contributed by atoms with Gasteiger partial charge in [-0.25, -0.2) is 4.79 Å². The van der Waals surface area contributed by atoms with Crippen LogP contribution >= 0.6 is 15.9 Å². The number of nitrogens with one attached hydrogen (secondary N) is 2. The van der Waals surface area contributed by atoms with E-state index in [9.17, 15) is 9.59 Å². The van der Waals surface area contributed by atoms with E-state index in [4.69, 9.17) is 0 Å². The molecule has 0 saturated carbocycles. The van der Waals surface area contributed by atoms with Crippen molar-refractivity contribution in [3.63, 3.8) is 0 Å². The number of carbonyl (C=O) groups excluding carboxylic acids is 2. The lowest BCUT2D eigenvalue weighted by atomic mass is 10.1. The average Bonchev–Trinajstić information content (AvgIpc) is 2.65. The van der Waals surface area contributed by atoms with Gasteiger partial charge in [-0.05, 0) is 31.0 Å². The minimum atomic E-state index is -0.364. The molecule has 0 aliphatic carbocycles. The van der Waals surface area contributed by atoms with Crippen molar-refractivity contribution in [2.45, 2.75) is 26.4 Å². The summed E-state index contributed by atoms with van der Waals surface area (Å²) in [4.78, 5) is 26.2. The lowest BCUT2D eigenvalue weighted by Gasteiger charge is -2.22. The zero-order valence-electron chi connectivity index (χ0n) is 15.0. The van der Waals surface area contributed by atoms with E-state index in [2.05, 4.69) is 26.6 Å². The molecule has 0 bridgehead atoms. The zero-order valence-corrected chi connectivity index (χ0v) is 16.6. The second kappa shape index (κ2) is 9.97. The van der Waals surface area contributed by atoms with Crippen LogP contribution in [-0.4, -0.2) is 29.9 Å². The molecule has 138 valence electrons. The number of rotatable bonds is 7. The smallest absolute Gasteiger partial charge is 0.315 e. The summed E-state index contributed by atoms with van der Waals surface area (Å²) in [5, 5.41) is 5.49. The van der Waals surface area contributed by atoms with Crippen LogP contribution in [0.2, 0.25) is 0 Å². The first-order chi connectivity index (χ1) is 12.5. The first-order valence-corrected chi connectivity index (χ1v) is 9.41. The van der Waals surface area contributed by atoms with Crippen molar-refractivity contribution in [1.29, 1.82) is 0 Å². The van der Waals surface area contributed by atoms with Crippen LogP contribution in [0.4, 0.5) is 4.79 Å². The van der Waals surface area contributed by atoms with Crippen LogP contribution < -0.4 is 10.6 Å². The van der Waals surface area contributed by atoms with Gasteiger partial charge < -0.3 is 15.5 Å². The summed E-state index contributed by atoms with van der Waals surface area (Å²) in [5.41, 5.74) is 2.04. The van der Waals surface area contributed by atoms with E-state index in [1.165, 1.54) is 0 Å². The van der Waals surface area contributed by atoms with Crippen LogP contribution in [0.15, 0.2) is 59.1 Å². The number of benzene rings is 2. The van der Waals surface area contributed by atoms with E-state index in [1.54, 1.807) is 4.90 Å². The number of hydrogen-bond acceptors (Lipinski definition) is 2. The predicted molar refractivity (Wildman–Crippen MR) is 107 cm³/mol. The van der Waals surface area contributed by atoms with E-state index in [-0.39, 0.29) is 24.5 Å². The second-order valence-corrected chi connectivity index (χ2v) is 6.82. The quantitative estimate of drug-likeness (QED) is 0.718. The normalized spacial score (nSPS) is 11.5. The standard InChI is InChI=1S/C20H24BrN3O2/c1-3-24(14-16-9-5-4-6-10-16)19(25)13-22-20(26)23-15(2)17-11-7-8-12-18(17)21/h4-12,15H,3,13-14H2,1-2H3,(H2,22,23,26). The molecule has 1 unspecified atom stereocenters. The Hall–Kier alpha value is -2.34. The molecule has 0 heterocycles. The van der Waals surface area contributed by atoms with Crippen molar-refractivity contribution in [3.05, 3.63) is 70.2 Å². The van der Waals surface area contributed by atoms with Gasteiger partial charge in [-0.1, -0.05) is 64.5 Å². The van der Waals surface area contributed by atoms with Crippen LogP contribution in [0.25, 0.3) is 0 Å². The van der Waals surface area contributed by atoms with Gasteiger partial charge in [0.05, 0.1) is 12.6 Å². The fourth-order valence-corrected chi connectivity index (χ4v) is 3.23. The molecular weight excluding hydrogens is 394 g/mol. The van der Waals surface area contributed by atoms with Gasteiger partial charge in [0.15, 0.2) is 0 Å². The van der Waals surface area contributed by atoms with Crippen molar-refractivity contribution < 1.29 is 9.59 Å². The average molecular weight is 418 g/mol. The van der Waals surface area contributed by atoms with Gasteiger partial charge in [-0.3, -0.25) is 4.79 Å². The highest BCUT2D eigenvalue weighted by Gasteiger charge is 2.15. The molecule has 0 aliphatic rings. The Balaban J connectivity index is 1.83. The van der Waals surface area contributed by atoms with Gasteiger partial charge in [0, 0.05) is 17.6 Å². The van der Waals surface area contributed by atoms with Crippen LogP contribution in [-0.2, 0) is 11.3 Å². The van der Waals surface area contributed by atoms with Gasteiger partial charge in [0.25, 0.3) is 0 Å². The van der Waals surface area contributed by atoms with Crippen molar-refractivity contribution in [1.82, 2.24) is 15.5 Å². The molecule has 0 spiro atoms. The molecule has 0 radical (unpaired) electrons. The number of halogens is 1. The summed E-state index contributed by atoms with van der Waals surface area (Å²) in [6.45, 7) is 4.91. The molecule has 0 aromatic heterocycles. The van der Waals surface area contributed by atoms with Gasteiger partial charge in [0.1, 0.15) is 0 Å². The number of urea groups is 1. The van der Waals surface area contributed by atoms with Crippen molar-refractivity contribution in [2.75, 3.05) is 13.1 Å². The summed E-state index contributed by atoms with van der Waals surface area (Å²) in [7, 11) is 0. The molecule has 2 aromatic rings. The van der Waals surface area contributed by atoms with E-state index >= 15 is 0 Å². The van der Waals surface area contributed by atoms with Gasteiger partial charge in [-0.15, -0.1) is 0 Å². The highest BCUT2D eigenvalue weighted by molar-refractivity contribution is 9.10. The maximum atomic E-state index is 12.4. The maximum Gasteiger partial charge on any atom is 0.315 e. The summed E-state index contributed by atoms with van der Waals surface area (Å²) in [6.07, 6.45) is 0. The summed E-state index contributed by atoms with van der Waals surface area (Å²) in [5.74, 6) is -0.111. The van der Waals surface area contributed by atoms with Crippen LogP contribution in [0.3, 0.4) is 0 Å². The summed E-state index contributed by atoms with van der Waals surface area (Å²) < 4.78 is 0.934. The maximum absolute atomic E-state index is 12.4. The number of likely N-dealkylation sites (N-methyl/N-ethyl adjacent to an activating group) is 1. The first kappa shape index (κ1) is 20.0. The topological polar surface area (TPSA) is 61.4 Å². The molecule has 5 nitrogen and oxygen atoms in total. The van der Waals surface area contributed by atoms with E-state index in [1.807, 2.05) is 68.4 Å². The molecule has 0 aliphatic heterocycles. The highest BCUT2D eigenvalue weighted by atomic mass is 79.9. The van der Waals surface area contributed by atoms with Gasteiger partial charge in [-0.2, -0.15) is 0 Å². The van der Waals surface area contributed by atoms with Crippen LogP contribution in [0.1, 0.15) is 31.0 Å². The van der Waals surface area contributed by atoms with Gasteiger partial charge in [0.2, 0.25) is 5.91 Å². The van der Waals surface area contributed by atoms with Gasteiger partial charge >= 0.3 is 6.03 Å². The van der Waals surface area contributed by atoms with Crippen molar-refractivity contribution in [2.24, 2.45) is 0 Å². The lowest BCUT2D eigenvalue weighted by molar-refractivity contribution is -0.130. The minimum absolute atomic E-state index is 0.0326. The molecule has 0 saturated heterocycles. The fraction of sp³-hybridized carbons (Fsp3) is 0.300. The Bertz CT molecular complexity index is 737. The molecule has 2 aromatic carbocycles. The monoisotopic (exact) mass is 417 g/mol. The number of amides is 3. The van der Waals surface area contributed by atoms with Crippen LogP contribution in [0, 0.1) is 0 Å². The third-order valence-electron chi connectivity index (χ3n) is 4.07. The second-order valence-electron chi connectivity index (χ2n) is 5.96. The number of nitrogens with zero attached hydrogens (tertiary/aromatic N) is 1. The molecular formula is C20H24BrN3O2. The number of carbonyl (C=O) groups is 2. The molecule has 3 amide bonds. The molecule has 6 heteroatoms. The Morgan fingerprint density at radius 3 is 2.38 bits per heavy atom. The highest BCUT2D eigenvalue weighted by Crippen LogP contribution is 2.22. The fourth-order valence-electron chi connectivity index (χ4n) is 2.60. The molecule has 26 heavy (non-hydrogen) atoms. The third-order valence-corrected chi connectivity index (χ3v) is 4.79. The lowest BCUT2D eigenvalue weighted by Crippen LogP contribution is -2.44. The predicted octanol–water partition coefficient (Wildman–Crippen LogP) is 3.86. The minimum Gasteiger partial charge on any atom is -0.337 e. The SMILES string of the molecule is CCN(Cc1ccccc1)C(=O)CNC(=O)NC(C)c1ccccc1Br. The molecule has 1 atom stereocenters. The molecule has 0 fully saturated rings. The molecule has 2 rings (SSSR count). The third kappa shape index (κ3) is 5.88. The Labute approximate surface area is 162 Å². The van der Waals surface area contributed by atoms with E-state index < -0.39 is 0 Å². The summed E-state index contributed by atoms with van der Waals surface area (Å²) >= 11 is 3.48. The molecule has 2 N–H and O–H groups in total. The van der Waals surface area contributed by atoms with E-state index in [0.717, 1.165) is 15.6 Å². The zero-order chi connectivity index (χ0) is 18.9. The largest absolute Gasteiger partial charge is 0.337 e.